The van der Waals surface area contributed by atoms with E-state index in [2.05, 4.69) is 20.4 Å². The van der Waals surface area contributed by atoms with Crippen molar-refractivity contribution in [3.8, 4) is 0 Å². The largest absolute Gasteiger partial charge is 0.481 e. The Labute approximate surface area is 154 Å². The predicted octanol–water partition coefficient (Wildman–Crippen LogP) is 2.14. The van der Waals surface area contributed by atoms with Crippen molar-refractivity contribution in [2.45, 2.75) is 63.0 Å². The molecule has 26 heavy (non-hydrogen) atoms. The number of nitrogens with one attached hydrogen (secondary N) is 1. The minimum absolute atomic E-state index is 0.123. The highest BCUT2D eigenvalue weighted by Crippen LogP contribution is 2.35. The molecule has 1 saturated carbocycles. The molecule has 0 spiro atoms. The van der Waals surface area contributed by atoms with Gasteiger partial charge in [0.1, 0.15) is 0 Å². The molecule has 2 heterocycles. The third-order valence-electron chi connectivity index (χ3n) is 6.00. The molecule has 3 N–H and O–H groups in total. The van der Waals surface area contributed by atoms with Crippen LogP contribution in [-0.4, -0.2) is 62.6 Å². The Bertz CT molecular complexity index is 567. The Morgan fingerprint density at radius 3 is 2.58 bits per heavy atom. The normalized spacial score (nSPS) is 28.0. The van der Waals surface area contributed by atoms with E-state index in [1.54, 1.807) is 12.4 Å². The first-order valence-electron chi connectivity index (χ1n) is 9.73. The van der Waals surface area contributed by atoms with Gasteiger partial charge in [-0.1, -0.05) is 0 Å². The molecule has 2 aliphatic rings. The van der Waals surface area contributed by atoms with E-state index in [0.717, 1.165) is 44.1 Å². The Balaban J connectivity index is 1.34. The average molecular weight is 362 g/mol. The van der Waals surface area contributed by atoms with Crippen LogP contribution in [0.15, 0.2) is 18.5 Å². The number of anilines is 1. The van der Waals surface area contributed by atoms with E-state index >= 15 is 0 Å². The molecule has 7 heteroatoms. The molecule has 0 radical (unpaired) electrons. The molecule has 0 unspecified atom stereocenters. The zero-order chi connectivity index (χ0) is 18.4. The van der Waals surface area contributed by atoms with Crippen molar-refractivity contribution in [1.82, 2.24) is 15.1 Å². The van der Waals surface area contributed by atoms with Gasteiger partial charge in [-0.05, 0) is 70.0 Å². The first-order chi connectivity index (χ1) is 12.5. The number of nitrogens with zero attached hydrogens (tertiary/aromatic N) is 3. The van der Waals surface area contributed by atoms with Gasteiger partial charge in [0.05, 0.1) is 30.1 Å². The van der Waals surface area contributed by atoms with Crippen molar-refractivity contribution >= 4 is 11.7 Å². The van der Waals surface area contributed by atoms with Crippen molar-refractivity contribution in [1.29, 1.82) is 0 Å². The summed E-state index contributed by atoms with van der Waals surface area (Å²) in [6.07, 6.45) is 9.94. The number of hydrogen-bond acceptors (Lipinski definition) is 6. The predicted molar refractivity (Wildman–Crippen MR) is 98.9 cm³/mol. The molecule has 0 bridgehead atoms. The fourth-order valence-corrected chi connectivity index (χ4v) is 4.39. The van der Waals surface area contributed by atoms with Crippen LogP contribution in [0.4, 0.5) is 5.69 Å². The number of carboxylic acid groups (broad SMARTS) is 1. The molecule has 0 aromatic carbocycles. The zero-order valence-electron chi connectivity index (χ0n) is 15.3. The Morgan fingerprint density at radius 2 is 1.96 bits per heavy atom. The average Bonchev–Trinajstić information content (AvgIpc) is 2.63. The number of carboxylic acids is 1. The summed E-state index contributed by atoms with van der Waals surface area (Å²) in [6.45, 7) is 3.19. The Kier molecular flexibility index (Phi) is 6.43. The minimum atomic E-state index is -0.992. The van der Waals surface area contributed by atoms with Gasteiger partial charge in [0.15, 0.2) is 0 Å². The fourth-order valence-electron chi connectivity index (χ4n) is 4.39. The number of hydrogen-bond donors (Lipinski definition) is 3. The second-order valence-corrected chi connectivity index (χ2v) is 7.85. The van der Waals surface area contributed by atoms with Crippen molar-refractivity contribution in [2.24, 2.45) is 5.92 Å². The lowest BCUT2D eigenvalue weighted by atomic mass is 9.79. The number of likely N-dealkylation sites (tertiary alicyclic amines) is 1. The lowest BCUT2D eigenvalue weighted by Gasteiger charge is -2.43. The number of aliphatic carboxylic acids is 1. The topological polar surface area (TPSA) is 98.6 Å². The summed E-state index contributed by atoms with van der Waals surface area (Å²) in [5.74, 6) is -0.149. The maximum absolute atomic E-state index is 10.9. The standard InChI is InChI=1S/C19H30N4O3/c24-18(25)13-19(26)7-1-17(2-8-19)23-11-5-15(6-12-23)3-9-20-16-4-10-21-22-14-16/h4,10,14-15,17,26H,1-3,5-9,11-13H2,(H,20,21)(H,24,25). The molecular weight excluding hydrogens is 332 g/mol. The first-order valence-corrected chi connectivity index (χ1v) is 9.73. The maximum Gasteiger partial charge on any atom is 0.306 e. The van der Waals surface area contributed by atoms with Crippen LogP contribution in [0, 0.1) is 5.92 Å². The van der Waals surface area contributed by atoms with Crippen LogP contribution < -0.4 is 5.32 Å². The van der Waals surface area contributed by atoms with Crippen LogP contribution in [0.25, 0.3) is 0 Å². The van der Waals surface area contributed by atoms with Crippen LogP contribution in [0.2, 0.25) is 0 Å². The molecular formula is C19H30N4O3. The van der Waals surface area contributed by atoms with Gasteiger partial charge in [-0.15, -0.1) is 0 Å². The molecule has 1 saturated heterocycles. The number of aromatic nitrogens is 2. The summed E-state index contributed by atoms with van der Waals surface area (Å²) in [5.41, 5.74) is 0.0298. The van der Waals surface area contributed by atoms with Crippen LogP contribution in [0.3, 0.4) is 0 Å². The second-order valence-electron chi connectivity index (χ2n) is 7.85. The molecule has 0 atom stereocenters. The van der Waals surface area contributed by atoms with Gasteiger partial charge in [0, 0.05) is 12.6 Å². The monoisotopic (exact) mass is 362 g/mol. The third-order valence-corrected chi connectivity index (χ3v) is 6.00. The van der Waals surface area contributed by atoms with E-state index < -0.39 is 11.6 Å². The molecule has 2 fully saturated rings. The van der Waals surface area contributed by atoms with Crippen LogP contribution >= 0.6 is 0 Å². The Hall–Kier alpha value is -1.73. The smallest absolute Gasteiger partial charge is 0.306 e. The van der Waals surface area contributed by atoms with Gasteiger partial charge in [-0.25, -0.2) is 0 Å². The fraction of sp³-hybridized carbons (Fsp3) is 0.737. The summed E-state index contributed by atoms with van der Waals surface area (Å²) in [6, 6.07) is 2.44. The van der Waals surface area contributed by atoms with E-state index in [9.17, 15) is 9.90 Å². The molecule has 1 aromatic heterocycles. The van der Waals surface area contributed by atoms with Crippen LogP contribution in [0.5, 0.6) is 0 Å². The zero-order valence-corrected chi connectivity index (χ0v) is 15.3. The van der Waals surface area contributed by atoms with E-state index in [-0.39, 0.29) is 6.42 Å². The van der Waals surface area contributed by atoms with E-state index in [1.807, 2.05) is 6.07 Å². The van der Waals surface area contributed by atoms with Crippen LogP contribution in [-0.2, 0) is 4.79 Å². The van der Waals surface area contributed by atoms with Crippen molar-refractivity contribution in [3.63, 3.8) is 0 Å². The highest BCUT2D eigenvalue weighted by molar-refractivity contribution is 5.68. The van der Waals surface area contributed by atoms with E-state index in [1.165, 1.54) is 19.3 Å². The molecule has 3 rings (SSSR count). The summed E-state index contributed by atoms with van der Waals surface area (Å²) in [7, 11) is 0. The van der Waals surface area contributed by atoms with Crippen LogP contribution in [0.1, 0.15) is 51.4 Å². The minimum Gasteiger partial charge on any atom is -0.481 e. The quantitative estimate of drug-likeness (QED) is 0.683. The number of rotatable bonds is 7. The molecule has 1 aliphatic carbocycles. The highest BCUT2D eigenvalue weighted by atomic mass is 16.4. The van der Waals surface area contributed by atoms with Gasteiger partial charge in [0.2, 0.25) is 0 Å². The maximum atomic E-state index is 10.9. The third kappa shape index (κ3) is 5.38. The lowest BCUT2D eigenvalue weighted by Crippen LogP contribution is -2.47. The van der Waals surface area contributed by atoms with Gasteiger partial charge in [-0.2, -0.15) is 10.2 Å². The number of piperidine rings is 1. The summed E-state index contributed by atoms with van der Waals surface area (Å²) >= 11 is 0. The molecule has 1 aliphatic heterocycles. The summed E-state index contributed by atoms with van der Waals surface area (Å²) in [5, 5.41) is 30.4. The van der Waals surface area contributed by atoms with Gasteiger partial charge in [0.25, 0.3) is 0 Å². The van der Waals surface area contributed by atoms with E-state index in [0.29, 0.717) is 18.9 Å². The first kappa shape index (κ1) is 19.0. The number of aliphatic hydroxyl groups is 1. The molecule has 1 aromatic rings. The van der Waals surface area contributed by atoms with Gasteiger partial charge < -0.3 is 20.4 Å². The SMILES string of the molecule is O=C(O)CC1(O)CCC(N2CCC(CCNc3ccnnc3)CC2)CC1. The molecule has 7 nitrogen and oxygen atoms in total. The van der Waals surface area contributed by atoms with Crippen molar-refractivity contribution in [2.75, 3.05) is 25.0 Å². The Morgan fingerprint density at radius 1 is 1.23 bits per heavy atom. The lowest BCUT2D eigenvalue weighted by molar-refractivity contribution is -0.144. The van der Waals surface area contributed by atoms with Gasteiger partial charge >= 0.3 is 5.97 Å². The molecule has 144 valence electrons. The summed E-state index contributed by atoms with van der Waals surface area (Å²) < 4.78 is 0. The number of carbonyl (C=O) groups is 1. The van der Waals surface area contributed by atoms with E-state index in [4.69, 9.17) is 5.11 Å². The van der Waals surface area contributed by atoms with Crippen molar-refractivity contribution in [3.05, 3.63) is 18.5 Å². The van der Waals surface area contributed by atoms with Gasteiger partial charge in [-0.3, -0.25) is 4.79 Å². The summed E-state index contributed by atoms with van der Waals surface area (Å²) in [4.78, 5) is 13.4. The second kappa shape index (κ2) is 8.77. The highest BCUT2D eigenvalue weighted by Gasteiger charge is 2.37. The van der Waals surface area contributed by atoms with Crippen molar-refractivity contribution < 1.29 is 15.0 Å². The molecule has 0 amide bonds.